The number of carbonyl (C=O) groups excluding carboxylic acids is 2. The molecule has 3 rings (SSSR count). The standard InChI is InChI=1S/C31H44FN3O4S/c1-4-22-9-8-10-23(15-22)20-33-21-29(36)27-18-24-16-25(32)19-26(17-24)39-13-7-5-6-11-30(37)35(2)28(12-14-40-3)31(38)34-27/h8-10,15-17,19,27-29,33,36H,4-7,11-14,18,20-21H2,1-3H3,(H,34,38). The molecule has 3 N–H and O–H groups in total. The molecule has 0 aliphatic carbocycles. The van der Waals surface area contributed by atoms with Crippen LogP contribution in [0.25, 0.3) is 0 Å². The zero-order valence-corrected chi connectivity index (χ0v) is 24.8. The molecular formula is C31H44FN3O4S. The van der Waals surface area contributed by atoms with Crippen LogP contribution in [0.3, 0.4) is 0 Å². The SMILES string of the molecule is CCc1cccc(CNCC(O)C2Cc3cc(F)cc(c3)OCCCCCC(=O)N(C)C(CCSC)C(=O)N2)c1. The van der Waals surface area contributed by atoms with E-state index in [0.717, 1.165) is 24.8 Å². The monoisotopic (exact) mass is 573 g/mol. The molecule has 2 amide bonds. The number of benzene rings is 2. The predicted molar refractivity (Wildman–Crippen MR) is 159 cm³/mol. The molecule has 1 aliphatic heterocycles. The van der Waals surface area contributed by atoms with Gasteiger partial charge in [-0.2, -0.15) is 11.8 Å². The lowest BCUT2D eigenvalue weighted by Crippen LogP contribution is -2.55. The Kier molecular flexibility index (Phi) is 13.2. The van der Waals surface area contributed by atoms with Gasteiger partial charge in [0, 0.05) is 32.6 Å². The third-order valence-corrected chi connectivity index (χ3v) is 7.97. The second-order valence-electron chi connectivity index (χ2n) is 10.4. The molecular weight excluding hydrogens is 529 g/mol. The second kappa shape index (κ2) is 16.6. The number of hydrogen-bond acceptors (Lipinski definition) is 6. The summed E-state index contributed by atoms with van der Waals surface area (Å²) in [5.41, 5.74) is 2.97. The van der Waals surface area contributed by atoms with E-state index in [1.807, 2.05) is 18.4 Å². The fraction of sp³-hybridized carbons (Fsp3) is 0.548. The van der Waals surface area contributed by atoms with Crippen LogP contribution >= 0.6 is 11.8 Å². The number of thioether (sulfide) groups is 1. The Bertz CT molecular complexity index is 1100. The predicted octanol–water partition coefficient (Wildman–Crippen LogP) is 4.10. The van der Waals surface area contributed by atoms with Gasteiger partial charge < -0.3 is 25.4 Å². The largest absolute Gasteiger partial charge is 0.493 e. The fourth-order valence-corrected chi connectivity index (χ4v) is 5.39. The summed E-state index contributed by atoms with van der Waals surface area (Å²) in [5.74, 6) is 0.320. The average Bonchev–Trinajstić information content (AvgIpc) is 2.93. The lowest BCUT2D eigenvalue weighted by atomic mass is 9.99. The summed E-state index contributed by atoms with van der Waals surface area (Å²) >= 11 is 1.62. The van der Waals surface area contributed by atoms with E-state index < -0.39 is 24.0 Å². The van der Waals surface area contributed by atoms with Gasteiger partial charge in [-0.1, -0.05) is 31.2 Å². The Morgan fingerprint density at radius 2 is 1.98 bits per heavy atom. The van der Waals surface area contributed by atoms with Crippen molar-refractivity contribution >= 4 is 23.6 Å². The summed E-state index contributed by atoms with van der Waals surface area (Å²) in [6, 6.07) is 11.4. The number of hydrogen-bond donors (Lipinski definition) is 3. The minimum absolute atomic E-state index is 0.0744. The van der Waals surface area contributed by atoms with Crippen LogP contribution in [-0.2, 0) is 29.0 Å². The van der Waals surface area contributed by atoms with Crippen molar-refractivity contribution in [3.63, 3.8) is 0 Å². The Hall–Kier alpha value is -2.62. The summed E-state index contributed by atoms with van der Waals surface area (Å²) in [5, 5.41) is 17.6. The Balaban J connectivity index is 1.82. The molecule has 9 heteroatoms. The van der Waals surface area contributed by atoms with Crippen molar-refractivity contribution in [2.75, 3.05) is 32.2 Å². The molecule has 220 valence electrons. The molecule has 3 atom stereocenters. The highest BCUT2D eigenvalue weighted by Crippen LogP contribution is 2.20. The van der Waals surface area contributed by atoms with Crippen molar-refractivity contribution in [2.24, 2.45) is 0 Å². The highest BCUT2D eigenvalue weighted by Gasteiger charge is 2.30. The number of fused-ring (bicyclic) bond motifs is 2. The summed E-state index contributed by atoms with van der Waals surface area (Å²) in [6.45, 7) is 3.33. The minimum Gasteiger partial charge on any atom is -0.493 e. The molecule has 2 bridgehead atoms. The van der Waals surface area contributed by atoms with Crippen LogP contribution in [0.2, 0.25) is 0 Å². The van der Waals surface area contributed by atoms with E-state index >= 15 is 0 Å². The third kappa shape index (κ3) is 10.1. The molecule has 1 aliphatic rings. The zero-order chi connectivity index (χ0) is 28.9. The number of aryl methyl sites for hydroxylation is 1. The molecule has 0 saturated carbocycles. The number of carbonyl (C=O) groups is 2. The maximum Gasteiger partial charge on any atom is 0.243 e. The summed E-state index contributed by atoms with van der Waals surface area (Å²) in [6.07, 6.45) is 5.24. The highest BCUT2D eigenvalue weighted by molar-refractivity contribution is 7.98. The molecule has 7 nitrogen and oxygen atoms in total. The van der Waals surface area contributed by atoms with Gasteiger partial charge >= 0.3 is 0 Å². The second-order valence-corrected chi connectivity index (χ2v) is 11.4. The zero-order valence-electron chi connectivity index (χ0n) is 24.0. The van der Waals surface area contributed by atoms with Crippen molar-refractivity contribution in [1.82, 2.24) is 15.5 Å². The molecule has 0 fully saturated rings. The van der Waals surface area contributed by atoms with Crippen LogP contribution in [-0.4, -0.2) is 72.2 Å². The smallest absolute Gasteiger partial charge is 0.243 e. The number of ether oxygens (including phenoxy) is 1. The Morgan fingerprint density at radius 3 is 2.75 bits per heavy atom. The summed E-state index contributed by atoms with van der Waals surface area (Å²) < 4.78 is 20.3. The Morgan fingerprint density at radius 1 is 1.18 bits per heavy atom. The van der Waals surface area contributed by atoms with Gasteiger partial charge in [-0.25, -0.2) is 4.39 Å². The summed E-state index contributed by atoms with van der Waals surface area (Å²) in [4.78, 5) is 28.1. The molecule has 0 saturated heterocycles. The van der Waals surface area contributed by atoms with Gasteiger partial charge in [-0.05, 0) is 79.4 Å². The van der Waals surface area contributed by atoms with Gasteiger partial charge in [0.2, 0.25) is 11.8 Å². The van der Waals surface area contributed by atoms with Crippen LogP contribution in [0.4, 0.5) is 4.39 Å². The number of nitrogens with zero attached hydrogens (tertiary/aromatic N) is 1. The van der Waals surface area contributed by atoms with Crippen LogP contribution in [0.15, 0.2) is 42.5 Å². The number of likely N-dealkylation sites (N-methyl/N-ethyl adjacent to an activating group) is 1. The lowest BCUT2D eigenvalue weighted by Gasteiger charge is -2.31. The van der Waals surface area contributed by atoms with Gasteiger partial charge in [0.1, 0.15) is 17.6 Å². The quantitative estimate of drug-likeness (QED) is 0.419. The maximum absolute atomic E-state index is 14.5. The Labute approximate surface area is 242 Å². The van der Waals surface area contributed by atoms with Crippen molar-refractivity contribution < 1.29 is 23.8 Å². The highest BCUT2D eigenvalue weighted by atomic mass is 32.2. The minimum atomic E-state index is -0.952. The van der Waals surface area contributed by atoms with Gasteiger partial charge in [0.05, 0.1) is 18.8 Å². The van der Waals surface area contributed by atoms with E-state index in [1.54, 1.807) is 24.9 Å². The number of halogens is 1. The fourth-order valence-electron chi connectivity index (χ4n) is 4.93. The van der Waals surface area contributed by atoms with Gasteiger partial charge in [-0.15, -0.1) is 0 Å². The van der Waals surface area contributed by atoms with Crippen LogP contribution in [0, 0.1) is 5.82 Å². The molecule has 0 spiro atoms. The van der Waals surface area contributed by atoms with E-state index in [1.165, 1.54) is 22.6 Å². The molecule has 0 aromatic heterocycles. The van der Waals surface area contributed by atoms with Crippen molar-refractivity contribution in [2.45, 2.75) is 76.6 Å². The van der Waals surface area contributed by atoms with E-state index in [9.17, 15) is 19.1 Å². The molecule has 2 aromatic carbocycles. The third-order valence-electron chi connectivity index (χ3n) is 7.32. The van der Waals surface area contributed by atoms with Crippen LogP contribution in [0.1, 0.15) is 55.7 Å². The lowest BCUT2D eigenvalue weighted by molar-refractivity contribution is -0.139. The first-order chi connectivity index (χ1) is 19.3. The molecule has 1 heterocycles. The van der Waals surface area contributed by atoms with E-state index in [4.69, 9.17) is 4.74 Å². The van der Waals surface area contributed by atoms with Gasteiger partial charge in [0.25, 0.3) is 0 Å². The average molecular weight is 574 g/mol. The first-order valence-electron chi connectivity index (χ1n) is 14.2. The molecule has 2 aromatic rings. The number of aliphatic hydroxyl groups is 1. The van der Waals surface area contributed by atoms with Crippen LogP contribution in [0.5, 0.6) is 5.75 Å². The normalized spacial score (nSPS) is 20.1. The van der Waals surface area contributed by atoms with E-state index in [0.29, 0.717) is 49.5 Å². The van der Waals surface area contributed by atoms with Gasteiger partial charge in [0.15, 0.2) is 0 Å². The van der Waals surface area contributed by atoms with Crippen molar-refractivity contribution in [3.05, 3.63) is 65.0 Å². The maximum atomic E-state index is 14.5. The van der Waals surface area contributed by atoms with Crippen LogP contribution < -0.4 is 15.4 Å². The number of rotatable bonds is 9. The van der Waals surface area contributed by atoms with Crippen molar-refractivity contribution in [1.29, 1.82) is 0 Å². The topological polar surface area (TPSA) is 90.9 Å². The summed E-state index contributed by atoms with van der Waals surface area (Å²) in [7, 11) is 1.68. The molecule has 3 unspecified atom stereocenters. The number of aliphatic hydroxyl groups excluding tert-OH is 1. The van der Waals surface area contributed by atoms with Crippen molar-refractivity contribution in [3.8, 4) is 5.75 Å². The van der Waals surface area contributed by atoms with E-state index in [-0.39, 0.29) is 24.8 Å². The van der Waals surface area contributed by atoms with Gasteiger partial charge in [-0.3, -0.25) is 9.59 Å². The number of nitrogens with one attached hydrogen (secondary N) is 2. The first-order valence-corrected chi connectivity index (χ1v) is 15.6. The molecule has 40 heavy (non-hydrogen) atoms. The molecule has 0 radical (unpaired) electrons. The number of amides is 2. The first kappa shape index (κ1) is 31.9. The van der Waals surface area contributed by atoms with E-state index in [2.05, 4.69) is 29.7 Å².